The Balaban J connectivity index is 2.82. The molecule has 1 N–H and O–H groups in total. The molecule has 0 saturated carbocycles. The van der Waals surface area contributed by atoms with E-state index < -0.39 is 23.5 Å². The first-order valence-corrected chi connectivity index (χ1v) is 9.91. The molecule has 0 amide bonds. The van der Waals surface area contributed by atoms with Crippen molar-refractivity contribution in [1.82, 2.24) is 0 Å². The topological polar surface area (TPSA) is 38.7 Å². The van der Waals surface area contributed by atoms with Gasteiger partial charge in [-0.1, -0.05) is 51.5 Å². The number of benzene rings is 1. The van der Waals surface area contributed by atoms with E-state index in [2.05, 4.69) is 6.92 Å². The summed E-state index contributed by atoms with van der Waals surface area (Å²) in [6.07, 6.45) is 7.61. The van der Waals surface area contributed by atoms with E-state index in [4.69, 9.17) is 9.47 Å². The molecule has 1 aromatic carbocycles. The maximum Gasteiger partial charge on any atom is 0.283 e. The number of aliphatic hydroxyl groups is 1. The summed E-state index contributed by atoms with van der Waals surface area (Å²) in [5.74, 6) is -3.39. The van der Waals surface area contributed by atoms with E-state index >= 15 is 0 Å². The number of halogens is 2. The van der Waals surface area contributed by atoms with E-state index in [0.717, 1.165) is 25.3 Å². The third kappa shape index (κ3) is 7.68. The molecule has 0 heterocycles. The summed E-state index contributed by atoms with van der Waals surface area (Å²) < 4.78 is 38.3. The van der Waals surface area contributed by atoms with Crippen LogP contribution in [0.15, 0.2) is 18.2 Å². The maximum absolute atomic E-state index is 14.1. The fourth-order valence-electron chi connectivity index (χ4n) is 3.23. The molecule has 150 valence electrons. The molecular formula is C21H34F2O3. The summed E-state index contributed by atoms with van der Waals surface area (Å²) in [6.45, 7) is 6.32. The van der Waals surface area contributed by atoms with Gasteiger partial charge in [-0.3, -0.25) is 0 Å². The second-order valence-corrected chi connectivity index (χ2v) is 6.69. The van der Waals surface area contributed by atoms with Gasteiger partial charge in [0.05, 0.1) is 0 Å². The van der Waals surface area contributed by atoms with Crippen LogP contribution >= 0.6 is 0 Å². The van der Waals surface area contributed by atoms with Crippen molar-refractivity contribution in [2.24, 2.45) is 5.92 Å². The molecule has 26 heavy (non-hydrogen) atoms. The zero-order chi connectivity index (χ0) is 19.4. The molecular weight excluding hydrogens is 338 g/mol. The van der Waals surface area contributed by atoms with Crippen LogP contribution in [-0.4, -0.2) is 24.3 Å². The van der Waals surface area contributed by atoms with Crippen molar-refractivity contribution in [1.29, 1.82) is 0 Å². The van der Waals surface area contributed by atoms with E-state index in [-0.39, 0.29) is 19.6 Å². The first kappa shape index (κ1) is 23.0. The molecule has 3 nitrogen and oxygen atoms in total. The lowest BCUT2D eigenvalue weighted by molar-refractivity contribution is -0.384. The molecule has 5 heteroatoms. The first-order valence-electron chi connectivity index (χ1n) is 9.91. The third-order valence-electron chi connectivity index (χ3n) is 4.61. The smallest absolute Gasteiger partial charge is 0.283 e. The number of rotatable bonds is 14. The average molecular weight is 372 g/mol. The fraction of sp³-hybridized carbons (Fsp3) is 0.714. The average Bonchev–Trinajstić information content (AvgIpc) is 2.59. The zero-order valence-electron chi connectivity index (χ0n) is 16.4. The second kappa shape index (κ2) is 12.4. The molecule has 1 unspecified atom stereocenters. The van der Waals surface area contributed by atoms with Gasteiger partial charge >= 0.3 is 0 Å². The van der Waals surface area contributed by atoms with E-state index in [9.17, 15) is 13.9 Å². The lowest BCUT2D eigenvalue weighted by Gasteiger charge is -2.35. The first-order chi connectivity index (χ1) is 12.5. The zero-order valence-corrected chi connectivity index (χ0v) is 16.4. The standard InChI is InChI=1S/C21H34F2O3/c1-4-7-8-9-10-11-12-18(21(24,25-5-2)26-6-3)15-17-13-14-19(22)16-20(17)23/h13-14,16,18,24H,4-12,15H2,1-3H3. The molecule has 0 aromatic heterocycles. The lowest BCUT2D eigenvalue weighted by atomic mass is 9.90. The Kier molecular flexibility index (Phi) is 10.9. The molecule has 0 aliphatic heterocycles. The quantitative estimate of drug-likeness (QED) is 0.342. The molecule has 0 spiro atoms. The number of hydrogen-bond acceptors (Lipinski definition) is 3. The van der Waals surface area contributed by atoms with E-state index in [1.165, 1.54) is 31.4 Å². The highest BCUT2D eigenvalue weighted by Gasteiger charge is 2.39. The van der Waals surface area contributed by atoms with E-state index in [1.54, 1.807) is 13.8 Å². The van der Waals surface area contributed by atoms with Crippen LogP contribution in [-0.2, 0) is 15.9 Å². The fourth-order valence-corrected chi connectivity index (χ4v) is 3.23. The van der Waals surface area contributed by atoms with Crippen LogP contribution in [0.3, 0.4) is 0 Å². The molecule has 0 aliphatic rings. The summed E-state index contributed by atoms with van der Waals surface area (Å²) in [6, 6.07) is 3.54. The number of unbranched alkanes of at least 4 members (excludes halogenated alkanes) is 5. The van der Waals surface area contributed by atoms with E-state index in [1.807, 2.05) is 0 Å². The summed E-state index contributed by atoms with van der Waals surface area (Å²) in [7, 11) is 0. The minimum absolute atomic E-state index is 0.234. The van der Waals surface area contributed by atoms with Gasteiger partial charge in [-0.2, -0.15) is 0 Å². The van der Waals surface area contributed by atoms with Gasteiger partial charge in [0, 0.05) is 25.2 Å². The van der Waals surface area contributed by atoms with Crippen molar-refractivity contribution >= 4 is 0 Å². The van der Waals surface area contributed by atoms with Crippen molar-refractivity contribution in [3.63, 3.8) is 0 Å². The van der Waals surface area contributed by atoms with Gasteiger partial charge in [0.25, 0.3) is 5.97 Å². The molecule has 0 fully saturated rings. The second-order valence-electron chi connectivity index (χ2n) is 6.69. The molecule has 0 saturated heterocycles. The number of hydrogen-bond donors (Lipinski definition) is 1. The van der Waals surface area contributed by atoms with Crippen LogP contribution in [0.5, 0.6) is 0 Å². The predicted octanol–water partition coefficient (Wildman–Crippen LogP) is 5.59. The molecule has 0 radical (unpaired) electrons. The van der Waals surface area contributed by atoms with Crippen molar-refractivity contribution in [3.8, 4) is 0 Å². The van der Waals surface area contributed by atoms with Crippen molar-refractivity contribution < 1.29 is 23.4 Å². The lowest BCUT2D eigenvalue weighted by Crippen LogP contribution is -2.45. The minimum Gasteiger partial charge on any atom is -0.343 e. The van der Waals surface area contributed by atoms with Gasteiger partial charge in [0.2, 0.25) is 0 Å². The maximum atomic E-state index is 14.1. The monoisotopic (exact) mass is 372 g/mol. The van der Waals surface area contributed by atoms with Gasteiger partial charge < -0.3 is 14.6 Å². The van der Waals surface area contributed by atoms with Crippen LogP contribution < -0.4 is 0 Å². The summed E-state index contributed by atoms with van der Waals surface area (Å²) in [4.78, 5) is 0. The van der Waals surface area contributed by atoms with Crippen LogP contribution in [0, 0.1) is 17.6 Å². The number of ether oxygens (including phenoxy) is 2. The third-order valence-corrected chi connectivity index (χ3v) is 4.61. The molecule has 0 bridgehead atoms. The molecule has 1 aromatic rings. The Morgan fingerprint density at radius 3 is 2.15 bits per heavy atom. The van der Waals surface area contributed by atoms with Gasteiger partial charge in [0.15, 0.2) is 0 Å². The van der Waals surface area contributed by atoms with E-state index in [0.29, 0.717) is 12.0 Å². The normalized spacial score (nSPS) is 13.2. The van der Waals surface area contributed by atoms with Crippen LogP contribution in [0.2, 0.25) is 0 Å². The van der Waals surface area contributed by atoms with Crippen LogP contribution in [0.4, 0.5) is 8.78 Å². The SMILES string of the molecule is CCCCCCCCC(Cc1ccc(F)cc1F)C(O)(OCC)OCC. The largest absolute Gasteiger partial charge is 0.343 e. The highest BCUT2D eigenvalue weighted by Crippen LogP contribution is 2.31. The highest BCUT2D eigenvalue weighted by atomic mass is 19.1. The Bertz CT molecular complexity index is 502. The van der Waals surface area contributed by atoms with Crippen molar-refractivity contribution in [2.75, 3.05) is 13.2 Å². The van der Waals surface area contributed by atoms with Crippen LogP contribution in [0.25, 0.3) is 0 Å². The highest BCUT2D eigenvalue weighted by molar-refractivity contribution is 5.19. The van der Waals surface area contributed by atoms with Crippen molar-refractivity contribution in [3.05, 3.63) is 35.4 Å². The summed E-state index contributed by atoms with van der Waals surface area (Å²) >= 11 is 0. The van der Waals surface area contributed by atoms with Gasteiger partial charge in [0.1, 0.15) is 11.6 Å². The Hall–Kier alpha value is -1.04. The van der Waals surface area contributed by atoms with Crippen molar-refractivity contribution in [2.45, 2.75) is 78.1 Å². The predicted molar refractivity (Wildman–Crippen MR) is 99.7 cm³/mol. The Morgan fingerprint density at radius 2 is 1.58 bits per heavy atom. The van der Waals surface area contributed by atoms with Crippen LogP contribution in [0.1, 0.15) is 71.3 Å². The summed E-state index contributed by atoms with van der Waals surface area (Å²) in [5.41, 5.74) is 0.361. The van der Waals surface area contributed by atoms with Gasteiger partial charge in [-0.25, -0.2) is 8.78 Å². The Labute approximate surface area is 156 Å². The Morgan fingerprint density at radius 1 is 0.962 bits per heavy atom. The molecule has 1 atom stereocenters. The minimum atomic E-state index is -1.76. The summed E-state index contributed by atoms with van der Waals surface area (Å²) in [5, 5.41) is 10.9. The van der Waals surface area contributed by atoms with Gasteiger partial charge in [-0.15, -0.1) is 0 Å². The molecule has 1 rings (SSSR count). The van der Waals surface area contributed by atoms with Gasteiger partial charge in [-0.05, 0) is 38.3 Å². The molecule has 0 aliphatic carbocycles.